The van der Waals surface area contributed by atoms with Crippen molar-refractivity contribution in [1.29, 1.82) is 0 Å². The molecule has 2 rings (SSSR count). The highest BCUT2D eigenvalue weighted by molar-refractivity contribution is 5.13. The van der Waals surface area contributed by atoms with Crippen LogP contribution in [-0.4, -0.2) is 23.4 Å². The highest BCUT2D eigenvalue weighted by atomic mass is 16.5. The summed E-state index contributed by atoms with van der Waals surface area (Å²) in [7, 11) is 0. The van der Waals surface area contributed by atoms with Crippen LogP contribution in [0.5, 0.6) is 0 Å². The van der Waals surface area contributed by atoms with Gasteiger partial charge >= 0.3 is 0 Å². The van der Waals surface area contributed by atoms with E-state index in [9.17, 15) is 5.11 Å². The van der Waals surface area contributed by atoms with Crippen LogP contribution in [0.25, 0.3) is 0 Å². The van der Waals surface area contributed by atoms with Crippen LogP contribution < -0.4 is 0 Å². The van der Waals surface area contributed by atoms with Gasteiger partial charge in [-0.05, 0) is 43.9 Å². The first-order valence-electron chi connectivity index (χ1n) is 5.74. The van der Waals surface area contributed by atoms with Crippen LogP contribution in [0.3, 0.4) is 0 Å². The number of hydrogen-bond acceptors (Lipinski definition) is 2. The molecule has 1 N–H and O–H groups in total. The van der Waals surface area contributed by atoms with E-state index < -0.39 is 0 Å². The van der Waals surface area contributed by atoms with Crippen LogP contribution in [0, 0.1) is 17.3 Å². The van der Waals surface area contributed by atoms with Crippen LogP contribution in [0.15, 0.2) is 0 Å². The zero-order chi connectivity index (χ0) is 10.6. The van der Waals surface area contributed by atoms with Crippen LogP contribution in [0.2, 0.25) is 0 Å². The quantitative estimate of drug-likeness (QED) is 0.737. The smallest absolute Gasteiger partial charge is 0.0915 e. The van der Waals surface area contributed by atoms with E-state index in [1.54, 1.807) is 0 Å². The normalized spacial score (nSPS) is 49.9. The molecule has 0 aromatic rings. The maximum Gasteiger partial charge on any atom is 0.0915 e. The summed E-state index contributed by atoms with van der Waals surface area (Å²) in [6.07, 6.45) is 1.68. The molecule has 0 saturated heterocycles. The Labute approximate surface area is 86.6 Å². The van der Waals surface area contributed by atoms with Crippen molar-refractivity contribution < 1.29 is 9.84 Å². The minimum Gasteiger partial charge on any atom is -0.390 e. The minimum absolute atomic E-state index is 0.273. The molecule has 0 heterocycles. The summed E-state index contributed by atoms with van der Waals surface area (Å²) in [5, 5.41) is 10.1. The standard InChI is InChI=1S/C12H22O2/c1-5-14-12(4)7-9-8(6-10(12)13)11(9,2)3/h8-10,13H,5-7H2,1-4H3/t8-,9+,10-,12-/m1/s1. The van der Waals surface area contributed by atoms with Gasteiger partial charge in [-0.1, -0.05) is 13.8 Å². The van der Waals surface area contributed by atoms with Crippen molar-refractivity contribution in [1.82, 2.24) is 0 Å². The molecular weight excluding hydrogens is 176 g/mol. The molecule has 2 saturated carbocycles. The Morgan fingerprint density at radius 2 is 1.93 bits per heavy atom. The van der Waals surface area contributed by atoms with Gasteiger partial charge in [0.2, 0.25) is 0 Å². The van der Waals surface area contributed by atoms with E-state index in [0.29, 0.717) is 12.0 Å². The first kappa shape index (κ1) is 10.4. The lowest BCUT2D eigenvalue weighted by atomic mass is 9.83. The molecule has 2 heteroatoms. The summed E-state index contributed by atoms with van der Waals surface area (Å²) in [5.74, 6) is 1.49. The number of fused-ring (bicyclic) bond motifs is 1. The van der Waals surface area contributed by atoms with E-state index in [0.717, 1.165) is 24.7 Å². The molecule has 0 spiro atoms. The molecule has 0 aromatic heterocycles. The van der Waals surface area contributed by atoms with Gasteiger partial charge in [0.25, 0.3) is 0 Å². The zero-order valence-corrected chi connectivity index (χ0v) is 9.71. The van der Waals surface area contributed by atoms with Gasteiger partial charge < -0.3 is 9.84 Å². The van der Waals surface area contributed by atoms with E-state index in [1.807, 2.05) is 6.92 Å². The summed E-state index contributed by atoms with van der Waals surface area (Å²) < 4.78 is 5.72. The minimum atomic E-state index is -0.288. The molecule has 2 aliphatic rings. The molecule has 2 aliphatic carbocycles. The first-order valence-corrected chi connectivity index (χ1v) is 5.74. The Kier molecular flexibility index (Phi) is 2.20. The molecule has 14 heavy (non-hydrogen) atoms. The van der Waals surface area contributed by atoms with Crippen molar-refractivity contribution in [3.63, 3.8) is 0 Å². The van der Waals surface area contributed by atoms with Gasteiger partial charge in [0.1, 0.15) is 0 Å². The molecule has 0 aliphatic heterocycles. The van der Waals surface area contributed by atoms with E-state index >= 15 is 0 Å². The largest absolute Gasteiger partial charge is 0.390 e. The highest BCUT2D eigenvalue weighted by Crippen LogP contribution is 2.66. The third-order valence-electron chi connectivity index (χ3n) is 4.57. The number of ether oxygens (including phenoxy) is 1. The van der Waals surface area contributed by atoms with Crippen LogP contribution >= 0.6 is 0 Å². The SMILES string of the molecule is CCO[C@]1(C)C[C@H]2[C@@H](C[C@H]1O)C2(C)C. The lowest BCUT2D eigenvalue weighted by molar-refractivity contribution is -0.131. The van der Waals surface area contributed by atoms with Gasteiger partial charge in [-0.25, -0.2) is 0 Å². The summed E-state index contributed by atoms with van der Waals surface area (Å²) in [5.41, 5.74) is 0.152. The highest BCUT2D eigenvalue weighted by Gasteiger charge is 2.64. The maximum absolute atomic E-state index is 10.1. The molecule has 0 amide bonds. The van der Waals surface area contributed by atoms with Crippen LogP contribution in [0.1, 0.15) is 40.5 Å². The van der Waals surface area contributed by atoms with Crippen molar-refractivity contribution in [3.8, 4) is 0 Å². The predicted molar refractivity (Wildman–Crippen MR) is 56.0 cm³/mol. The molecular formula is C12H22O2. The van der Waals surface area contributed by atoms with E-state index in [2.05, 4.69) is 20.8 Å². The third kappa shape index (κ3) is 1.31. The van der Waals surface area contributed by atoms with Crippen molar-refractivity contribution in [2.24, 2.45) is 17.3 Å². The maximum atomic E-state index is 10.1. The van der Waals surface area contributed by atoms with Crippen molar-refractivity contribution in [2.45, 2.75) is 52.2 Å². The third-order valence-corrected chi connectivity index (χ3v) is 4.57. The Morgan fingerprint density at radius 3 is 2.50 bits per heavy atom. The molecule has 82 valence electrons. The lowest BCUT2D eigenvalue weighted by Gasteiger charge is -2.37. The van der Waals surface area contributed by atoms with Gasteiger partial charge in [0.05, 0.1) is 11.7 Å². The predicted octanol–water partition coefficient (Wildman–Crippen LogP) is 2.21. The number of aliphatic hydroxyl groups is 1. The summed E-state index contributed by atoms with van der Waals surface area (Å²) in [4.78, 5) is 0. The average molecular weight is 198 g/mol. The van der Waals surface area contributed by atoms with Crippen LogP contribution in [-0.2, 0) is 4.74 Å². The summed E-state index contributed by atoms with van der Waals surface area (Å²) in [6.45, 7) is 9.39. The van der Waals surface area contributed by atoms with Crippen LogP contribution in [0.4, 0.5) is 0 Å². The van der Waals surface area contributed by atoms with Gasteiger partial charge in [-0.15, -0.1) is 0 Å². The Bertz CT molecular complexity index is 236. The number of rotatable bonds is 2. The molecule has 0 unspecified atom stereocenters. The Morgan fingerprint density at radius 1 is 1.29 bits per heavy atom. The summed E-state index contributed by atoms with van der Waals surface area (Å²) in [6, 6.07) is 0. The second-order valence-electron chi connectivity index (χ2n) is 5.74. The van der Waals surface area contributed by atoms with E-state index in [1.165, 1.54) is 0 Å². The van der Waals surface area contributed by atoms with E-state index in [4.69, 9.17) is 4.74 Å². The average Bonchev–Trinajstić information content (AvgIpc) is 2.56. The molecule has 4 atom stereocenters. The van der Waals surface area contributed by atoms with Gasteiger partial charge in [-0.2, -0.15) is 0 Å². The molecule has 2 fully saturated rings. The topological polar surface area (TPSA) is 29.5 Å². The fourth-order valence-electron chi connectivity index (χ4n) is 3.28. The van der Waals surface area contributed by atoms with Gasteiger partial charge in [-0.3, -0.25) is 0 Å². The zero-order valence-electron chi connectivity index (χ0n) is 9.71. The van der Waals surface area contributed by atoms with Gasteiger partial charge in [0, 0.05) is 6.61 Å². The van der Waals surface area contributed by atoms with Crippen molar-refractivity contribution >= 4 is 0 Å². The monoisotopic (exact) mass is 198 g/mol. The Hall–Kier alpha value is -0.0800. The fourth-order valence-corrected chi connectivity index (χ4v) is 3.28. The first-order chi connectivity index (χ1) is 6.42. The summed E-state index contributed by atoms with van der Waals surface area (Å²) >= 11 is 0. The molecule has 0 aromatic carbocycles. The molecule has 2 nitrogen and oxygen atoms in total. The van der Waals surface area contributed by atoms with E-state index in [-0.39, 0.29) is 11.7 Å². The number of hydrogen-bond donors (Lipinski definition) is 1. The fraction of sp³-hybridized carbons (Fsp3) is 1.00. The van der Waals surface area contributed by atoms with Crippen molar-refractivity contribution in [2.75, 3.05) is 6.61 Å². The van der Waals surface area contributed by atoms with Gasteiger partial charge in [0.15, 0.2) is 0 Å². The lowest BCUT2D eigenvalue weighted by Crippen LogP contribution is -2.45. The Balaban J connectivity index is 2.09. The molecule has 0 radical (unpaired) electrons. The second-order valence-corrected chi connectivity index (χ2v) is 5.74. The molecule has 0 bridgehead atoms. The van der Waals surface area contributed by atoms with Crippen molar-refractivity contribution in [3.05, 3.63) is 0 Å². The second kappa shape index (κ2) is 2.96. The number of aliphatic hydroxyl groups excluding tert-OH is 1.